The highest BCUT2D eigenvalue weighted by molar-refractivity contribution is 7.86. The number of halogens is 1. The standard InChI is InChI=1S/C21H15FN2O4S2/c1-12-2-11-17-18(19(12)30(26,27)28)29-21(24-17)14-5-9-16(10-6-14)23-20(25)13-3-7-15(22)8-4-13/h2-11H,1H3,(H,23,25)(H,26,27,28). The Kier molecular flexibility index (Phi) is 5.10. The summed E-state index contributed by atoms with van der Waals surface area (Å²) < 4.78 is 46.5. The van der Waals surface area contributed by atoms with E-state index in [4.69, 9.17) is 0 Å². The summed E-state index contributed by atoms with van der Waals surface area (Å²) in [7, 11) is -4.38. The minimum Gasteiger partial charge on any atom is -0.322 e. The van der Waals surface area contributed by atoms with E-state index >= 15 is 0 Å². The van der Waals surface area contributed by atoms with E-state index in [1.54, 1.807) is 43.3 Å². The van der Waals surface area contributed by atoms with E-state index < -0.39 is 15.9 Å². The first-order valence-electron chi connectivity index (χ1n) is 8.77. The molecular weight excluding hydrogens is 427 g/mol. The zero-order valence-electron chi connectivity index (χ0n) is 15.6. The van der Waals surface area contributed by atoms with Gasteiger partial charge < -0.3 is 5.32 Å². The number of rotatable bonds is 4. The molecule has 9 heteroatoms. The van der Waals surface area contributed by atoms with Crippen LogP contribution in [-0.2, 0) is 10.1 Å². The Bertz CT molecular complexity index is 1360. The summed E-state index contributed by atoms with van der Waals surface area (Å²) in [5, 5.41) is 3.31. The van der Waals surface area contributed by atoms with Crippen LogP contribution in [0.5, 0.6) is 0 Å². The summed E-state index contributed by atoms with van der Waals surface area (Å²) in [4.78, 5) is 16.6. The Morgan fingerprint density at radius 2 is 1.70 bits per heavy atom. The van der Waals surface area contributed by atoms with E-state index in [2.05, 4.69) is 10.3 Å². The molecule has 0 aliphatic carbocycles. The van der Waals surface area contributed by atoms with Crippen molar-refractivity contribution in [3.05, 3.63) is 77.6 Å². The number of nitrogens with one attached hydrogen (secondary N) is 1. The summed E-state index contributed by atoms with van der Waals surface area (Å²) in [6, 6.07) is 15.4. The molecule has 0 radical (unpaired) electrons. The van der Waals surface area contributed by atoms with Crippen molar-refractivity contribution in [3.8, 4) is 10.6 Å². The molecule has 0 aliphatic heterocycles. The zero-order valence-corrected chi connectivity index (χ0v) is 17.2. The normalized spacial score (nSPS) is 11.6. The number of amides is 1. The molecule has 0 saturated heterocycles. The lowest BCUT2D eigenvalue weighted by Crippen LogP contribution is -2.11. The molecule has 1 aromatic heterocycles. The third-order valence-corrected chi connectivity index (χ3v) is 6.77. The Hall–Kier alpha value is -3.14. The molecule has 0 spiro atoms. The van der Waals surface area contributed by atoms with E-state index in [-0.39, 0.29) is 10.8 Å². The predicted octanol–water partition coefficient (Wildman–Crippen LogP) is 4.91. The van der Waals surface area contributed by atoms with Crippen molar-refractivity contribution in [2.45, 2.75) is 11.8 Å². The molecule has 1 heterocycles. The van der Waals surface area contributed by atoms with Crippen molar-refractivity contribution in [1.29, 1.82) is 0 Å². The lowest BCUT2D eigenvalue weighted by Gasteiger charge is -2.06. The highest BCUT2D eigenvalue weighted by Crippen LogP contribution is 2.36. The third-order valence-electron chi connectivity index (χ3n) is 4.46. The number of carbonyl (C=O) groups excluding carboxylic acids is 1. The predicted molar refractivity (Wildman–Crippen MR) is 114 cm³/mol. The maximum atomic E-state index is 13.0. The van der Waals surface area contributed by atoms with Gasteiger partial charge in [0.2, 0.25) is 0 Å². The summed E-state index contributed by atoms with van der Waals surface area (Å²) in [6.45, 7) is 1.61. The van der Waals surface area contributed by atoms with E-state index in [9.17, 15) is 22.2 Å². The van der Waals surface area contributed by atoms with Crippen LogP contribution in [0.3, 0.4) is 0 Å². The molecule has 0 bridgehead atoms. The summed E-state index contributed by atoms with van der Waals surface area (Å²) in [6.07, 6.45) is 0. The highest BCUT2D eigenvalue weighted by Gasteiger charge is 2.20. The van der Waals surface area contributed by atoms with E-state index in [1.807, 2.05) is 0 Å². The van der Waals surface area contributed by atoms with Crippen LogP contribution in [0, 0.1) is 12.7 Å². The molecular formula is C21H15FN2O4S2. The van der Waals surface area contributed by atoms with Gasteiger partial charge in [-0.3, -0.25) is 9.35 Å². The summed E-state index contributed by atoms with van der Waals surface area (Å²) in [5.41, 5.74) is 2.53. The minimum absolute atomic E-state index is 0.132. The number of fused-ring (bicyclic) bond motifs is 1. The van der Waals surface area contributed by atoms with E-state index in [0.29, 0.717) is 32.0 Å². The van der Waals surface area contributed by atoms with Crippen molar-refractivity contribution in [2.24, 2.45) is 0 Å². The number of carbonyl (C=O) groups is 1. The van der Waals surface area contributed by atoms with Gasteiger partial charge in [-0.05, 0) is 67.1 Å². The average Bonchev–Trinajstić information content (AvgIpc) is 3.11. The highest BCUT2D eigenvalue weighted by atomic mass is 32.2. The maximum Gasteiger partial charge on any atom is 0.296 e. The van der Waals surface area contributed by atoms with E-state index in [0.717, 1.165) is 16.9 Å². The Morgan fingerprint density at radius 3 is 2.33 bits per heavy atom. The van der Waals surface area contributed by atoms with Crippen LogP contribution in [0.15, 0.2) is 65.6 Å². The number of hydrogen-bond donors (Lipinski definition) is 2. The van der Waals surface area contributed by atoms with Gasteiger partial charge in [-0.25, -0.2) is 9.37 Å². The first-order chi connectivity index (χ1) is 14.2. The first-order valence-corrected chi connectivity index (χ1v) is 11.0. The van der Waals surface area contributed by atoms with Gasteiger partial charge in [-0.15, -0.1) is 11.3 Å². The van der Waals surface area contributed by atoms with Crippen LogP contribution in [0.25, 0.3) is 20.8 Å². The van der Waals surface area contributed by atoms with Gasteiger partial charge in [-0.1, -0.05) is 6.07 Å². The second kappa shape index (κ2) is 7.60. The molecule has 2 N–H and O–H groups in total. The zero-order chi connectivity index (χ0) is 21.5. The van der Waals surface area contributed by atoms with Crippen molar-refractivity contribution < 1.29 is 22.2 Å². The molecule has 4 rings (SSSR count). The molecule has 0 saturated carbocycles. The number of anilines is 1. The molecule has 0 atom stereocenters. The molecule has 1 amide bonds. The van der Waals surface area contributed by atoms with Gasteiger partial charge >= 0.3 is 0 Å². The number of thiazole rings is 1. The number of hydrogen-bond acceptors (Lipinski definition) is 5. The molecule has 0 aliphatic rings. The summed E-state index contributed by atoms with van der Waals surface area (Å²) >= 11 is 1.16. The smallest absolute Gasteiger partial charge is 0.296 e. The third kappa shape index (κ3) is 3.95. The van der Waals surface area contributed by atoms with Crippen molar-refractivity contribution >= 4 is 43.3 Å². The fourth-order valence-corrected chi connectivity index (χ4v) is 5.33. The minimum atomic E-state index is -4.38. The van der Waals surface area contributed by atoms with Gasteiger partial charge in [0.25, 0.3) is 16.0 Å². The van der Waals surface area contributed by atoms with Gasteiger partial charge in [0.15, 0.2) is 0 Å². The molecule has 0 unspecified atom stereocenters. The van der Waals surface area contributed by atoms with E-state index in [1.165, 1.54) is 24.3 Å². The van der Waals surface area contributed by atoms with Crippen LogP contribution >= 0.6 is 11.3 Å². The second-order valence-corrected chi connectivity index (χ2v) is 8.95. The Morgan fingerprint density at radius 1 is 1.03 bits per heavy atom. The fourth-order valence-electron chi connectivity index (χ4n) is 3.01. The van der Waals surface area contributed by atoms with Gasteiger partial charge in [0.05, 0.1) is 10.2 Å². The molecule has 4 aromatic rings. The molecule has 30 heavy (non-hydrogen) atoms. The number of nitrogens with zero attached hydrogens (tertiary/aromatic N) is 1. The second-order valence-electron chi connectivity index (χ2n) is 6.59. The van der Waals surface area contributed by atoms with Crippen LogP contribution in [0.4, 0.5) is 10.1 Å². The monoisotopic (exact) mass is 442 g/mol. The van der Waals surface area contributed by atoms with Gasteiger partial charge in [0.1, 0.15) is 15.7 Å². The molecule has 6 nitrogen and oxygen atoms in total. The fraction of sp³-hybridized carbons (Fsp3) is 0.0476. The first kappa shape index (κ1) is 20.1. The van der Waals surface area contributed by atoms with Gasteiger partial charge in [0, 0.05) is 16.8 Å². The molecule has 152 valence electrons. The number of benzene rings is 3. The SMILES string of the molecule is Cc1ccc2nc(-c3ccc(NC(=O)c4ccc(F)cc4)cc3)sc2c1S(=O)(=O)O. The van der Waals surface area contributed by atoms with Gasteiger partial charge in [-0.2, -0.15) is 8.42 Å². The molecule has 3 aromatic carbocycles. The maximum absolute atomic E-state index is 13.0. The van der Waals surface area contributed by atoms with Crippen molar-refractivity contribution in [1.82, 2.24) is 4.98 Å². The largest absolute Gasteiger partial charge is 0.322 e. The lowest BCUT2D eigenvalue weighted by atomic mass is 10.2. The van der Waals surface area contributed by atoms with Crippen molar-refractivity contribution in [2.75, 3.05) is 5.32 Å². The summed E-state index contributed by atoms with van der Waals surface area (Å²) in [5.74, 6) is -0.782. The number of aryl methyl sites for hydroxylation is 1. The topological polar surface area (TPSA) is 96.4 Å². The lowest BCUT2D eigenvalue weighted by molar-refractivity contribution is 0.102. The molecule has 0 fully saturated rings. The van der Waals surface area contributed by atoms with Crippen LogP contribution in [0.2, 0.25) is 0 Å². The Balaban J connectivity index is 1.62. The Labute approximate surface area is 175 Å². The quantitative estimate of drug-likeness (QED) is 0.438. The van der Waals surface area contributed by atoms with Crippen LogP contribution in [-0.4, -0.2) is 23.9 Å². The van der Waals surface area contributed by atoms with Crippen LogP contribution in [0.1, 0.15) is 15.9 Å². The van der Waals surface area contributed by atoms with Crippen molar-refractivity contribution in [3.63, 3.8) is 0 Å². The average molecular weight is 442 g/mol. The van der Waals surface area contributed by atoms with Crippen LogP contribution < -0.4 is 5.32 Å². The number of aromatic nitrogens is 1.